The number of esters is 1. The molecule has 3 aromatic carbocycles. The van der Waals surface area contributed by atoms with Crippen LogP contribution in [0.2, 0.25) is 0 Å². The second-order valence-electron chi connectivity index (χ2n) is 9.57. The molecule has 0 saturated heterocycles. The van der Waals surface area contributed by atoms with Crippen molar-refractivity contribution in [3.05, 3.63) is 98.5 Å². The zero-order chi connectivity index (χ0) is 26.0. The molecule has 0 radical (unpaired) electrons. The number of ether oxygens (including phenoxy) is 4. The molecule has 0 spiro atoms. The van der Waals surface area contributed by atoms with Crippen molar-refractivity contribution in [3.8, 4) is 23.0 Å². The SMILES string of the molecule is Cc1ccc2cc(C3CC(=O)Oc4ccc5c(c43)O/C(=C\c3ccc4c(c3)OCCO4)C5=O)c(=O)[nH]c2c1. The Morgan fingerprint density at radius 2 is 1.68 bits per heavy atom. The Morgan fingerprint density at radius 1 is 0.868 bits per heavy atom. The molecule has 4 aromatic rings. The van der Waals surface area contributed by atoms with Gasteiger partial charge in [-0.1, -0.05) is 18.2 Å². The molecule has 1 atom stereocenters. The molecule has 0 fully saturated rings. The van der Waals surface area contributed by atoms with Crippen LogP contribution >= 0.6 is 0 Å². The minimum Gasteiger partial charge on any atom is -0.486 e. The summed E-state index contributed by atoms with van der Waals surface area (Å²) in [6, 6.07) is 16.2. The van der Waals surface area contributed by atoms with Crippen LogP contribution in [0.5, 0.6) is 23.0 Å². The fourth-order valence-electron chi connectivity index (χ4n) is 5.26. The van der Waals surface area contributed by atoms with Crippen LogP contribution < -0.4 is 24.5 Å². The maximum Gasteiger partial charge on any atom is 0.312 e. The summed E-state index contributed by atoms with van der Waals surface area (Å²) in [6.07, 6.45) is 1.59. The van der Waals surface area contributed by atoms with Crippen LogP contribution in [0.1, 0.15) is 45.0 Å². The van der Waals surface area contributed by atoms with Crippen molar-refractivity contribution in [2.24, 2.45) is 0 Å². The lowest BCUT2D eigenvalue weighted by molar-refractivity contribution is -0.135. The Kier molecular flexibility index (Phi) is 4.91. The fourth-order valence-corrected chi connectivity index (χ4v) is 5.26. The van der Waals surface area contributed by atoms with Crippen molar-refractivity contribution in [1.29, 1.82) is 0 Å². The Hall–Kier alpha value is -4.85. The third kappa shape index (κ3) is 3.56. The summed E-state index contributed by atoms with van der Waals surface area (Å²) in [5.74, 6) is 0.566. The predicted octanol–water partition coefficient (Wildman–Crippen LogP) is 4.66. The molecule has 4 heterocycles. The standard InChI is InChI=1S/C30H21NO7/c1-15-2-4-17-13-20(30(34)31-21(17)10-15)19-14-26(32)37-23-7-5-18-28(33)25(38-29(18)27(19)23)12-16-3-6-22-24(11-16)36-9-8-35-22/h2-7,10-13,19H,8-9,14H2,1H3,(H,31,34)/b25-12-. The highest BCUT2D eigenvalue weighted by molar-refractivity contribution is 6.15. The number of carbonyl (C=O) groups is 2. The quantitative estimate of drug-likeness (QED) is 0.239. The van der Waals surface area contributed by atoms with Gasteiger partial charge in [0, 0.05) is 22.6 Å². The molecule has 1 aromatic heterocycles. The number of hydrogen-bond acceptors (Lipinski definition) is 7. The Morgan fingerprint density at radius 3 is 2.55 bits per heavy atom. The van der Waals surface area contributed by atoms with E-state index in [0.717, 1.165) is 10.9 Å². The lowest BCUT2D eigenvalue weighted by atomic mass is 9.84. The number of hydrogen-bond donors (Lipinski definition) is 1. The first-order chi connectivity index (χ1) is 18.4. The van der Waals surface area contributed by atoms with Crippen LogP contribution in [0.3, 0.4) is 0 Å². The van der Waals surface area contributed by atoms with Crippen molar-refractivity contribution >= 4 is 28.7 Å². The van der Waals surface area contributed by atoms with Gasteiger partial charge < -0.3 is 23.9 Å². The van der Waals surface area contributed by atoms with E-state index < -0.39 is 11.9 Å². The summed E-state index contributed by atoms with van der Waals surface area (Å²) in [6.45, 7) is 2.89. The molecule has 8 nitrogen and oxygen atoms in total. The third-order valence-electron chi connectivity index (χ3n) is 7.05. The number of H-pyrrole nitrogens is 1. The van der Waals surface area contributed by atoms with Crippen LogP contribution in [0.15, 0.2) is 65.2 Å². The van der Waals surface area contributed by atoms with Crippen molar-refractivity contribution in [2.75, 3.05) is 13.2 Å². The van der Waals surface area contributed by atoms with E-state index in [2.05, 4.69) is 4.98 Å². The normalized spacial score (nSPS) is 18.7. The molecule has 38 heavy (non-hydrogen) atoms. The number of aromatic amines is 1. The summed E-state index contributed by atoms with van der Waals surface area (Å²) < 4.78 is 22.9. The summed E-state index contributed by atoms with van der Waals surface area (Å²) in [7, 11) is 0. The Bertz CT molecular complexity index is 1780. The fraction of sp³-hybridized carbons (Fsp3) is 0.167. The summed E-state index contributed by atoms with van der Waals surface area (Å²) in [5, 5.41) is 0.842. The van der Waals surface area contributed by atoms with E-state index in [0.29, 0.717) is 58.2 Å². The van der Waals surface area contributed by atoms with Gasteiger partial charge in [-0.3, -0.25) is 14.4 Å². The van der Waals surface area contributed by atoms with E-state index in [1.165, 1.54) is 0 Å². The van der Waals surface area contributed by atoms with Gasteiger partial charge in [-0.05, 0) is 65.9 Å². The molecule has 7 rings (SSSR count). The Labute approximate surface area is 216 Å². The van der Waals surface area contributed by atoms with Gasteiger partial charge in [-0.15, -0.1) is 0 Å². The van der Waals surface area contributed by atoms with Crippen LogP contribution in [0.25, 0.3) is 17.0 Å². The van der Waals surface area contributed by atoms with Crippen molar-refractivity contribution in [3.63, 3.8) is 0 Å². The monoisotopic (exact) mass is 507 g/mol. The molecular weight excluding hydrogens is 486 g/mol. The average Bonchev–Trinajstić information content (AvgIpc) is 3.22. The first-order valence-electron chi connectivity index (χ1n) is 12.3. The molecule has 188 valence electrons. The van der Waals surface area contributed by atoms with Gasteiger partial charge >= 0.3 is 5.97 Å². The van der Waals surface area contributed by atoms with E-state index in [1.807, 2.05) is 31.2 Å². The maximum absolute atomic E-state index is 13.3. The van der Waals surface area contributed by atoms with Crippen molar-refractivity contribution < 1.29 is 28.5 Å². The van der Waals surface area contributed by atoms with E-state index in [9.17, 15) is 14.4 Å². The minimum atomic E-state index is -0.642. The average molecular weight is 507 g/mol. The van der Waals surface area contributed by atoms with Gasteiger partial charge in [0.15, 0.2) is 17.3 Å². The molecule has 8 heteroatoms. The zero-order valence-corrected chi connectivity index (χ0v) is 20.3. The first kappa shape index (κ1) is 22.4. The van der Waals surface area contributed by atoms with Gasteiger partial charge in [0.2, 0.25) is 5.78 Å². The van der Waals surface area contributed by atoms with Crippen molar-refractivity contribution in [2.45, 2.75) is 19.3 Å². The van der Waals surface area contributed by atoms with Gasteiger partial charge in [-0.25, -0.2) is 0 Å². The predicted molar refractivity (Wildman–Crippen MR) is 138 cm³/mol. The third-order valence-corrected chi connectivity index (χ3v) is 7.05. The highest BCUT2D eigenvalue weighted by atomic mass is 16.6. The minimum absolute atomic E-state index is 0.0529. The van der Waals surface area contributed by atoms with E-state index >= 15 is 0 Å². The van der Waals surface area contributed by atoms with Crippen LogP contribution in [0.4, 0.5) is 0 Å². The number of fused-ring (bicyclic) bond motifs is 5. The molecule has 3 aliphatic rings. The number of aryl methyl sites for hydroxylation is 1. The Balaban J connectivity index is 1.33. The summed E-state index contributed by atoms with van der Waals surface area (Å²) in [5.41, 5.74) is 3.42. The number of rotatable bonds is 2. The lowest BCUT2D eigenvalue weighted by Gasteiger charge is -2.26. The van der Waals surface area contributed by atoms with E-state index in [-0.39, 0.29) is 29.3 Å². The number of benzene rings is 3. The second-order valence-corrected chi connectivity index (χ2v) is 9.57. The second kappa shape index (κ2) is 8.34. The summed E-state index contributed by atoms with van der Waals surface area (Å²) >= 11 is 0. The van der Waals surface area contributed by atoms with E-state index in [4.69, 9.17) is 18.9 Å². The van der Waals surface area contributed by atoms with Gasteiger partial charge in [0.25, 0.3) is 5.56 Å². The highest BCUT2D eigenvalue weighted by Gasteiger charge is 2.39. The number of ketones is 1. The number of Topliss-reactive ketones (excluding diaryl/α,β-unsaturated/α-hetero) is 1. The first-order valence-corrected chi connectivity index (χ1v) is 12.3. The molecule has 0 bridgehead atoms. The van der Waals surface area contributed by atoms with Gasteiger partial charge in [0.05, 0.1) is 12.0 Å². The highest BCUT2D eigenvalue weighted by Crippen LogP contribution is 2.48. The number of allylic oxidation sites excluding steroid dienone is 1. The number of aromatic nitrogens is 1. The molecule has 0 saturated carbocycles. The zero-order valence-electron chi connectivity index (χ0n) is 20.3. The van der Waals surface area contributed by atoms with Gasteiger partial charge in [0.1, 0.15) is 24.7 Å². The number of pyridine rings is 1. The number of carbonyl (C=O) groups excluding carboxylic acids is 2. The van der Waals surface area contributed by atoms with Crippen LogP contribution in [-0.2, 0) is 4.79 Å². The molecule has 0 aliphatic carbocycles. The van der Waals surface area contributed by atoms with Crippen LogP contribution in [-0.4, -0.2) is 30.0 Å². The van der Waals surface area contributed by atoms with E-state index in [1.54, 1.807) is 36.4 Å². The van der Waals surface area contributed by atoms with Crippen molar-refractivity contribution in [1.82, 2.24) is 4.98 Å². The molecule has 0 amide bonds. The maximum atomic E-state index is 13.3. The smallest absolute Gasteiger partial charge is 0.312 e. The molecule has 1 N–H and O–H groups in total. The largest absolute Gasteiger partial charge is 0.486 e. The molecular formula is C30H21NO7. The van der Waals surface area contributed by atoms with Crippen LogP contribution in [0, 0.1) is 6.92 Å². The molecule has 1 unspecified atom stereocenters. The lowest BCUT2D eigenvalue weighted by Crippen LogP contribution is -2.26. The number of nitrogens with one attached hydrogen (secondary N) is 1. The summed E-state index contributed by atoms with van der Waals surface area (Å²) in [4.78, 5) is 42.0. The molecule has 3 aliphatic heterocycles. The topological polar surface area (TPSA) is 104 Å². The van der Waals surface area contributed by atoms with Gasteiger partial charge in [-0.2, -0.15) is 0 Å².